The van der Waals surface area contributed by atoms with E-state index in [1.807, 2.05) is 12.2 Å². The Hall–Kier alpha value is -1.16. The quantitative estimate of drug-likeness (QED) is 0.597. The summed E-state index contributed by atoms with van der Waals surface area (Å²) in [6.07, 6.45) is 6.05. The molecule has 0 aliphatic heterocycles. The molecule has 0 saturated carbocycles. The Morgan fingerprint density at radius 3 is 3.06 bits per heavy atom. The van der Waals surface area contributed by atoms with Gasteiger partial charge in [0.25, 0.3) is 0 Å². The van der Waals surface area contributed by atoms with Gasteiger partial charge in [-0.1, -0.05) is 23.9 Å². The molecule has 0 amide bonds. The summed E-state index contributed by atoms with van der Waals surface area (Å²) in [4.78, 5) is 14.2. The van der Waals surface area contributed by atoms with Crippen LogP contribution < -0.4 is 0 Å². The van der Waals surface area contributed by atoms with Gasteiger partial charge in [0.1, 0.15) is 0 Å². The molecular weight excluding hydrogens is 225 g/mol. The number of allylic oxidation sites excluding steroid dienone is 1. The summed E-state index contributed by atoms with van der Waals surface area (Å²) in [7, 11) is 0. The first-order valence-corrected chi connectivity index (χ1v) is 6.01. The minimum atomic E-state index is -0.430. The Balaban J connectivity index is 2.50. The first-order chi connectivity index (χ1) is 7.61. The molecule has 0 unspecified atom stereocenters. The third-order valence-corrected chi connectivity index (χ3v) is 2.92. The van der Waals surface area contributed by atoms with Crippen molar-refractivity contribution in [2.45, 2.75) is 20.3 Å². The maximum Gasteiger partial charge on any atom is 0.216 e. The first kappa shape index (κ1) is 12.9. The van der Waals surface area contributed by atoms with Crippen molar-refractivity contribution in [3.63, 3.8) is 0 Å². The van der Waals surface area contributed by atoms with E-state index in [1.165, 1.54) is 18.0 Å². The van der Waals surface area contributed by atoms with Gasteiger partial charge in [-0.15, -0.1) is 0 Å². The second-order valence-electron chi connectivity index (χ2n) is 3.35. The Bertz CT molecular complexity index is 404. The lowest BCUT2D eigenvalue weighted by Crippen LogP contribution is -1.90. The van der Waals surface area contributed by atoms with E-state index in [1.54, 1.807) is 19.9 Å². The van der Waals surface area contributed by atoms with Gasteiger partial charge in [0.15, 0.2) is 5.12 Å². The number of rotatable bonds is 4. The van der Waals surface area contributed by atoms with Crippen molar-refractivity contribution in [1.29, 1.82) is 0 Å². The summed E-state index contributed by atoms with van der Waals surface area (Å²) in [5.74, 6) is 0.332. The SMILES string of the molecule is CC(=O)SCCC=Cc1ccnc(F)c1C. The number of carbonyl (C=O) groups is 1. The summed E-state index contributed by atoms with van der Waals surface area (Å²) >= 11 is 1.30. The van der Waals surface area contributed by atoms with Crippen LogP contribution in [0.25, 0.3) is 6.08 Å². The zero-order chi connectivity index (χ0) is 12.0. The average molecular weight is 239 g/mol. The highest BCUT2D eigenvalue weighted by atomic mass is 32.2. The standard InChI is InChI=1S/C12H14FNOS/c1-9-11(6-7-14-12(9)13)5-3-4-8-16-10(2)15/h3,5-7H,4,8H2,1-2H3. The number of pyridine rings is 1. The van der Waals surface area contributed by atoms with Crippen molar-refractivity contribution in [1.82, 2.24) is 4.98 Å². The molecule has 0 aliphatic rings. The van der Waals surface area contributed by atoms with Gasteiger partial charge < -0.3 is 0 Å². The van der Waals surface area contributed by atoms with Gasteiger partial charge in [0.05, 0.1) is 0 Å². The van der Waals surface area contributed by atoms with Crippen LogP contribution in [0, 0.1) is 12.9 Å². The molecule has 4 heteroatoms. The van der Waals surface area contributed by atoms with Crippen LogP contribution in [-0.2, 0) is 4.79 Å². The Labute approximate surface area is 99.0 Å². The molecule has 0 aliphatic carbocycles. The van der Waals surface area contributed by atoms with Crippen LogP contribution >= 0.6 is 11.8 Å². The molecule has 0 bridgehead atoms. The topological polar surface area (TPSA) is 30.0 Å². The summed E-state index contributed by atoms with van der Waals surface area (Å²) in [5, 5.41) is 0.125. The second kappa shape index (κ2) is 6.43. The summed E-state index contributed by atoms with van der Waals surface area (Å²) in [5.41, 5.74) is 1.39. The lowest BCUT2D eigenvalue weighted by Gasteiger charge is -1.99. The number of nitrogens with zero attached hydrogens (tertiary/aromatic N) is 1. The van der Waals surface area contributed by atoms with Crippen LogP contribution in [0.3, 0.4) is 0 Å². The molecule has 1 aromatic rings. The maximum atomic E-state index is 13.1. The molecule has 16 heavy (non-hydrogen) atoms. The fourth-order valence-electron chi connectivity index (χ4n) is 1.19. The van der Waals surface area contributed by atoms with Crippen molar-refractivity contribution in [3.05, 3.63) is 35.4 Å². The van der Waals surface area contributed by atoms with Crippen LogP contribution in [0.4, 0.5) is 4.39 Å². The molecule has 0 atom stereocenters. The van der Waals surface area contributed by atoms with E-state index in [-0.39, 0.29) is 5.12 Å². The van der Waals surface area contributed by atoms with Crippen LogP contribution in [0.1, 0.15) is 24.5 Å². The van der Waals surface area contributed by atoms with Crippen molar-refractivity contribution in [2.75, 3.05) is 5.75 Å². The molecule has 1 rings (SSSR count). The van der Waals surface area contributed by atoms with Gasteiger partial charge in [-0.05, 0) is 25.0 Å². The van der Waals surface area contributed by atoms with Crippen LogP contribution in [-0.4, -0.2) is 15.9 Å². The molecular formula is C12H14FNOS. The molecule has 1 heterocycles. The van der Waals surface area contributed by atoms with Gasteiger partial charge in [-0.25, -0.2) is 4.98 Å². The molecule has 0 N–H and O–H groups in total. The van der Waals surface area contributed by atoms with Crippen molar-refractivity contribution < 1.29 is 9.18 Å². The second-order valence-corrected chi connectivity index (χ2v) is 4.62. The van der Waals surface area contributed by atoms with E-state index in [9.17, 15) is 9.18 Å². The Kier molecular flexibility index (Phi) is 5.19. The van der Waals surface area contributed by atoms with Gasteiger partial charge in [0.2, 0.25) is 5.95 Å². The Morgan fingerprint density at radius 1 is 1.62 bits per heavy atom. The predicted molar refractivity (Wildman–Crippen MR) is 65.7 cm³/mol. The highest BCUT2D eigenvalue weighted by molar-refractivity contribution is 8.13. The van der Waals surface area contributed by atoms with E-state index in [0.717, 1.165) is 17.7 Å². The van der Waals surface area contributed by atoms with Crippen molar-refractivity contribution >= 4 is 23.0 Å². The fraction of sp³-hybridized carbons (Fsp3) is 0.333. The van der Waals surface area contributed by atoms with E-state index in [2.05, 4.69) is 4.98 Å². The molecule has 0 fully saturated rings. The van der Waals surface area contributed by atoms with Crippen molar-refractivity contribution in [2.24, 2.45) is 0 Å². The van der Waals surface area contributed by atoms with Crippen LogP contribution in [0.15, 0.2) is 18.3 Å². The zero-order valence-electron chi connectivity index (χ0n) is 9.37. The molecule has 0 spiro atoms. The lowest BCUT2D eigenvalue weighted by atomic mass is 10.1. The van der Waals surface area contributed by atoms with Gasteiger partial charge >= 0.3 is 0 Å². The van der Waals surface area contributed by atoms with E-state index < -0.39 is 5.95 Å². The number of carbonyl (C=O) groups excluding carboxylic acids is 1. The van der Waals surface area contributed by atoms with Gasteiger partial charge in [0, 0.05) is 24.4 Å². The number of aromatic nitrogens is 1. The summed E-state index contributed by atoms with van der Waals surface area (Å²) < 4.78 is 13.1. The summed E-state index contributed by atoms with van der Waals surface area (Å²) in [6, 6.07) is 1.77. The highest BCUT2D eigenvalue weighted by Gasteiger charge is 2.00. The highest BCUT2D eigenvalue weighted by Crippen LogP contribution is 2.12. The molecule has 1 aromatic heterocycles. The monoisotopic (exact) mass is 239 g/mol. The molecule has 0 radical (unpaired) electrons. The molecule has 2 nitrogen and oxygen atoms in total. The number of hydrogen-bond acceptors (Lipinski definition) is 3. The maximum absolute atomic E-state index is 13.1. The minimum absolute atomic E-state index is 0.125. The third-order valence-electron chi connectivity index (χ3n) is 2.07. The fourth-order valence-corrected chi connectivity index (χ4v) is 1.73. The smallest absolute Gasteiger partial charge is 0.216 e. The molecule has 0 saturated heterocycles. The molecule has 86 valence electrons. The largest absolute Gasteiger partial charge is 0.288 e. The van der Waals surface area contributed by atoms with E-state index >= 15 is 0 Å². The lowest BCUT2D eigenvalue weighted by molar-refractivity contribution is -0.109. The predicted octanol–water partition coefficient (Wildman–Crippen LogP) is 3.21. The first-order valence-electron chi connectivity index (χ1n) is 5.02. The molecule has 0 aromatic carbocycles. The minimum Gasteiger partial charge on any atom is -0.288 e. The van der Waals surface area contributed by atoms with Gasteiger partial charge in [-0.3, -0.25) is 4.79 Å². The van der Waals surface area contributed by atoms with Crippen LogP contribution in [0.2, 0.25) is 0 Å². The number of thioether (sulfide) groups is 1. The number of hydrogen-bond donors (Lipinski definition) is 0. The Morgan fingerprint density at radius 2 is 2.38 bits per heavy atom. The average Bonchev–Trinajstić information content (AvgIpc) is 2.23. The number of halogens is 1. The van der Waals surface area contributed by atoms with E-state index in [4.69, 9.17) is 0 Å². The summed E-state index contributed by atoms with van der Waals surface area (Å²) in [6.45, 7) is 3.25. The van der Waals surface area contributed by atoms with E-state index in [0.29, 0.717) is 5.56 Å². The normalized spacial score (nSPS) is 10.9. The van der Waals surface area contributed by atoms with Crippen molar-refractivity contribution in [3.8, 4) is 0 Å². The van der Waals surface area contributed by atoms with Gasteiger partial charge in [-0.2, -0.15) is 4.39 Å². The third kappa shape index (κ3) is 4.14. The van der Waals surface area contributed by atoms with Crippen LogP contribution in [0.5, 0.6) is 0 Å². The zero-order valence-corrected chi connectivity index (χ0v) is 10.2.